The Bertz CT molecular complexity index is 860. The number of hydrogen-bond donors (Lipinski definition) is 1. The second-order valence-corrected chi connectivity index (χ2v) is 9.43. The van der Waals surface area contributed by atoms with Crippen LogP contribution in [0.25, 0.3) is 0 Å². The van der Waals surface area contributed by atoms with E-state index in [1.165, 1.54) is 25.3 Å². The van der Waals surface area contributed by atoms with E-state index in [0.29, 0.717) is 17.8 Å². The number of allylic oxidation sites excluding steroid dienone is 1. The molecule has 0 aliphatic heterocycles. The van der Waals surface area contributed by atoms with Crippen LogP contribution in [0.15, 0.2) is 34.9 Å². The van der Waals surface area contributed by atoms with Gasteiger partial charge in [0.15, 0.2) is 5.57 Å². The number of nitriles is 2. The van der Waals surface area contributed by atoms with Crippen molar-refractivity contribution in [2.75, 3.05) is 11.1 Å². The normalized spacial score (nSPS) is 29.6. The van der Waals surface area contributed by atoms with E-state index in [2.05, 4.69) is 5.32 Å². The quantitative estimate of drug-likeness (QED) is 0.685. The van der Waals surface area contributed by atoms with Gasteiger partial charge in [0, 0.05) is 5.41 Å². The lowest BCUT2D eigenvalue weighted by molar-refractivity contribution is -0.141. The molecule has 0 atom stereocenters. The van der Waals surface area contributed by atoms with Gasteiger partial charge in [-0.25, -0.2) is 4.39 Å². The highest BCUT2D eigenvalue weighted by molar-refractivity contribution is 8.03. The highest BCUT2D eigenvalue weighted by atomic mass is 32.2. The number of hydrogen-bond acceptors (Lipinski definition) is 5. The number of halogens is 1. The summed E-state index contributed by atoms with van der Waals surface area (Å²) in [5, 5.41) is 21.6. The van der Waals surface area contributed by atoms with Crippen molar-refractivity contribution in [2.24, 2.45) is 23.2 Å². The first kappa shape index (κ1) is 19.0. The van der Waals surface area contributed by atoms with E-state index in [4.69, 9.17) is 0 Å². The Hall–Kier alpha value is -2.31. The van der Waals surface area contributed by atoms with Crippen LogP contribution in [-0.4, -0.2) is 11.5 Å². The van der Waals surface area contributed by atoms with Gasteiger partial charge in [-0.05, 0) is 68.4 Å². The summed E-state index contributed by atoms with van der Waals surface area (Å²) in [5.41, 5.74) is -0.161. The zero-order chi connectivity index (χ0) is 19.7. The molecule has 0 saturated heterocycles. The summed E-state index contributed by atoms with van der Waals surface area (Å²) in [6, 6.07) is 9.80. The van der Waals surface area contributed by atoms with Gasteiger partial charge in [-0.15, -0.1) is 0 Å². The summed E-state index contributed by atoms with van der Waals surface area (Å²) in [4.78, 5) is 13.2. The van der Waals surface area contributed by atoms with Gasteiger partial charge in [0.1, 0.15) is 28.8 Å². The van der Waals surface area contributed by atoms with Crippen LogP contribution < -0.4 is 5.32 Å². The lowest BCUT2D eigenvalue weighted by Gasteiger charge is -2.56. The van der Waals surface area contributed by atoms with Crippen molar-refractivity contribution < 1.29 is 9.18 Å². The minimum Gasteiger partial charge on any atom is -0.346 e. The van der Waals surface area contributed by atoms with Crippen LogP contribution in [0, 0.1) is 51.6 Å². The van der Waals surface area contributed by atoms with Crippen molar-refractivity contribution in [1.82, 2.24) is 0 Å². The molecule has 144 valence electrons. The molecule has 4 fully saturated rings. The minimum absolute atomic E-state index is 0.133. The Labute approximate surface area is 168 Å². The average Bonchev–Trinajstić information content (AvgIpc) is 2.67. The number of carbonyl (C=O) groups is 1. The molecule has 4 bridgehead atoms. The summed E-state index contributed by atoms with van der Waals surface area (Å²) < 4.78 is 14.0. The van der Waals surface area contributed by atoms with Crippen molar-refractivity contribution in [1.29, 1.82) is 10.5 Å². The molecule has 0 amide bonds. The molecule has 0 radical (unpaired) electrons. The van der Waals surface area contributed by atoms with Crippen molar-refractivity contribution in [3.8, 4) is 12.1 Å². The number of carbonyl (C=O) groups excluding carboxylic acids is 1. The smallest absolute Gasteiger partial charge is 0.159 e. The second-order valence-electron chi connectivity index (χ2n) is 8.44. The molecule has 0 aromatic heterocycles. The molecule has 0 spiro atoms. The zero-order valence-electron chi connectivity index (χ0n) is 15.6. The van der Waals surface area contributed by atoms with Crippen LogP contribution in [0.1, 0.15) is 38.5 Å². The maximum atomic E-state index is 14.0. The van der Waals surface area contributed by atoms with E-state index in [1.807, 2.05) is 12.1 Å². The van der Waals surface area contributed by atoms with Crippen LogP contribution in [0.5, 0.6) is 0 Å². The standard InChI is InChI=1S/C22H22FN3OS/c23-18-3-1-2-4-19(18)26-21(17(11-24)12-25)28-13-20(27)22-8-14-5-15(9-22)7-16(6-14)10-22/h1-4,14-16,26H,5-10,13H2. The molecule has 6 heteroatoms. The third-order valence-corrected chi connectivity index (χ3v) is 7.55. The molecule has 1 aromatic carbocycles. The number of para-hydroxylation sites is 1. The molecule has 5 rings (SSSR count). The number of rotatable bonds is 6. The molecule has 4 aliphatic carbocycles. The first-order valence-electron chi connectivity index (χ1n) is 9.75. The summed E-state index contributed by atoms with van der Waals surface area (Å²) in [5.74, 6) is 2.00. The van der Waals surface area contributed by atoms with Crippen LogP contribution in [0.4, 0.5) is 10.1 Å². The summed E-state index contributed by atoms with van der Waals surface area (Å²) in [6.45, 7) is 0. The van der Waals surface area contributed by atoms with Gasteiger partial charge in [-0.1, -0.05) is 23.9 Å². The Morgan fingerprint density at radius 1 is 1.11 bits per heavy atom. The minimum atomic E-state index is -0.469. The fourth-order valence-corrected chi connectivity index (χ4v) is 6.72. The molecule has 4 aliphatic rings. The Balaban J connectivity index is 1.50. The summed E-state index contributed by atoms with van der Waals surface area (Å²) in [6.07, 6.45) is 6.77. The van der Waals surface area contributed by atoms with E-state index in [1.54, 1.807) is 18.2 Å². The van der Waals surface area contributed by atoms with Crippen molar-refractivity contribution in [2.45, 2.75) is 38.5 Å². The van der Waals surface area contributed by atoms with Gasteiger partial charge in [0.2, 0.25) is 0 Å². The molecule has 0 unspecified atom stereocenters. The van der Waals surface area contributed by atoms with Gasteiger partial charge in [0.05, 0.1) is 11.4 Å². The van der Waals surface area contributed by atoms with E-state index < -0.39 is 5.82 Å². The van der Waals surface area contributed by atoms with Gasteiger partial charge in [0.25, 0.3) is 0 Å². The monoisotopic (exact) mass is 395 g/mol. The molecule has 1 N–H and O–H groups in total. The fraction of sp³-hybridized carbons (Fsp3) is 0.500. The Morgan fingerprint density at radius 3 is 2.21 bits per heavy atom. The van der Waals surface area contributed by atoms with Crippen LogP contribution in [-0.2, 0) is 4.79 Å². The van der Waals surface area contributed by atoms with Gasteiger partial charge in [-0.3, -0.25) is 4.79 Å². The van der Waals surface area contributed by atoms with Crippen LogP contribution in [0.3, 0.4) is 0 Å². The van der Waals surface area contributed by atoms with Gasteiger partial charge in [-0.2, -0.15) is 10.5 Å². The third kappa shape index (κ3) is 3.54. The van der Waals surface area contributed by atoms with Crippen molar-refractivity contribution in [3.05, 3.63) is 40.7 Å². The first-order chi connectivity index (χ1) is 13.5. The fourth-order valence-electron chi connectivity index (χ4n) is 5.73. The number of ketones is 1. The first-order valence-corrected chi connectivity index (χ1v) is 10.7. The molecule has 1 aromatic rings. The molecule has 0 heterocycles. The number of nitrogens with one attached hydrogen (secondary N) is 1. The van der Waals surface area contributed by atoms with E-state index in [-0.39, 0.29) is 33.2 Å². The molecule has 4 nitrogen and oxygen atoms in total. The highest BCUT2D eigenvalue weighted by Crippen LogP contribution is 2.60. The molecular formula is C22H22FN3OS. The van der Waals surface area contributed by atoms with E-state index >= 15 is 0 Å². The summed E-state index contributed by atoms with van der Waals surface area (Å²) in [7, 11) is 0. The Morgan fingerprint density at radius 2 is 1.68 bits per heavy atom. The number of benzene rings is 1. The maximum Gasteiger partial charge on any atom is 0.159 e. The number of Topliss-reactive ketones (excluding diaryl/α,β-unsaturated/α-hetero) is 1. The lowest BCUT2D eigenvalue weighted by Crippen LogP contribution is -2.50. The summed E-state index contributed by atoms with van der Waals surface area (Å²) >= 11 is 1.15. The average molecular weight is 396 g/mol. The van der Waals surface area contributed by atoms with Crippen LogP contribution >= 0.6 is 11.8 Å². The largest absolute Gasteiger partial charge is 0.346 e. The third-order valence-electron chi connectivity index (χ3n) is 6.55. The van der Waals surface area contributed by atoms with Crippen molar-refractivity contribution >= 4 is 23.2 Å². The van der Waals surface area contributed by atoms with Gasteiger partial charge < -0.3 is 5.32 Å². The predicted molar refractivity (Wildman–Crippen MR) is 106 cm³/mol. The number of anilines is 1. The molecule has 4 saturated carbocycles. The van der Waals surface area contributed by atoms with Gasteiger partial charge >= 0.3 is 0 Å². The maximum absolute atomic E-state index is 14.0. The van der Waals surface area contributed by atoms with E-state index in [9.17, 15) is 19.7 Å². The zero-order valence-corrected chi connectivity index (χ0v) is 16.4. The van der Waals surface area contributed by atoms with Crippen molar-refractivity contribution in [3.63, 3.8) is 0 Å². The van der Waals surface area contributed by atoms with Crippen LogP contribution in [0.2, 0.25) is 0 Å². The topological polar surface area (TPSA) is 76.7 Å². The SMILES string of the molecule is N#CC(C#N)=C(Nc1ccccc1F)SCC(=O)C12CC3CC(CC(C3)C1)C2. The lowest BCUT2D eigenvalue weighted by atomic mass is 9.48. The second kappa shape index (κ2) is 7.60. The predicted octanol–water partition coefficient (Wildman–Crippen LogP) is 5.02. The molecular weight excluding hydrogens is 373 g/mol. The highest BCUT2D eigenvalue weighted by Gasteiger charge is 2.54. The molecule has 28 heavy (non-hydrogen) atoms. The number of nitrogens with zero attached hydrogens (tertiary/aromatic N) is 2. The number of thioether (sulfide) groups is 1. The van der Waals surface area contributed by atoms with E-state index in [0.717, 1.165) is 31.0 Å². The Kier molecular flexibility index (Phi) is 5.17.